The van der Waals surface area contributed by atoms with Gasteiger partial charge >= 0.3 is 0 Å². The highest BCUT2D eigenvalue weighted by atomic mass is 15.1. The number of nitrogens with two attached hydrogens (primary N) is 1. The Morgan fingerprint density at radius 2 is 1.82 bits per heavy atom. The third-order valence-corrected chi connectivity index (χ3v) is 3.17. The molecular formula is C15H26N2. The van der Waals surface area contributed by atoms with Crippen LogP contribution in [0.2, 0.25) is 0 Å². The summed E-state index contributed by atoms with van der Waals surface area (Å²) >= 11 is 0. The summed E-state index contributed by atoms with van der Waals surface area (Å²) in [5.74, 6) is 0. The number of rotatable bonds is 7. The van der Waals surface area contributed by atoms with Crippen LogP contribution in [-0.4, -0.2) is 24.5 Å². The van der Waals surface area contributed by atoms with Gasteiger partial charge in [0.15, 0.2) is 0 Å². The molecule has 0 bridgehead atoms. The van der Waals surface area contributed by atoms with Gasteiger partial charge in [0.05, 0.1) is 0 Å². The molecule has 0 aliphatic heterocycles. The van der Waals surface area contributed by atoms with Crippen molar-refractivity contribution in [2.45, 2.75) is 33.7 Å². The molecular weight excluding hydrogens is 208 g/mol. The van der Waals surface area contributed by atoms with Crippen LogP contribution in [0.1, 0.15) is 32.8 Å². The predicted octanol–water partition coefficient (Wildman–Crippen LogP) is 2.88. The standard InChI is InChI=1S/C15H26N2/c1-4-17(13-15(2,3)10-11-16)12-14-8-6-5-7-9-14/h5-9H,4,10-13,16H2,1-3H3. The van der Waals surface area contributed by atoms with Gasteiger partial charge in [0.2, 0.25) is 0 Å². The van der Waals surface area contributed by atoms with Gasteiger partial charge in [0.1, 0.15) is 0 Å². The molecule has 2 N–H and O–H groups in total. The largest absolute Gasteiger partial charge is 0.330 e. The van der Waals surface area contributed by atoms with E-state index in [-0.39, 0.29) is 0 Å². The maximum atomic E-state index is 5.67. The fourth-order valence-corrected chi connectivity index (χ4v) is 2.20. The zero-order valence-electron chi connectivity index (χ0n) is 11.4. The lowest BCUT2D eigenvalue weighted by molar-refractivity contribution is 0.171. The number of nitrogens with zero attached hydrogens (tertiary/aromatic N) is 1. The van der Waals surface area contributed by atoms with Gasteiger partial charge in [-0.3, -0.25) is 4.90 Å². The van der Waals surface area contributed by atoms with E-state index in [1.54, 1.807) is 0 Å². The van der Waals surface area contributed by atoms with E-state index in [0.29, 0.717) is 5.41 Å². The first kappa shape index (κ1) is 14.2. The number of benzene rings is 1. The molecule has 0 saturated heterocycles. The fraction of sp³-hybridized carbons (Fsp3) is 0.600. The predicted molar refractivity (Wildman–Crippen MR) is 74.8 cm³/mol. The topological polar surface area (TPSA) is 29.3 Å². The molecule has 1 aromatic rings. The molecule has 0 aliphatic rings. The second-order valence-corrected chi connectivity index (χ2v) is 5.49. The average molecular weight is 234 g/mol. The SMILES string of the molecule is CCN(Cc1ccccc1)CC(C)(C)CCN. The van der Waals surface area contributed by atoms with Crippen LogP contribution in [0.3, 0.4) is 0 Å². The van der Waals surface area contributed by atoms with E-state index < -0.39 is 0 Å². The smallest absolute Gasteiger partial charge is 0.0233 e. The molecule has 0 spiro atoms. The molecule has 1 aromatic carbocycles. The van der Waals surface area contributed by atoms with Crippen molar-refractivity contribution < 1.29 is 0 Å². The first-order valence-corrected chi connectivity index (χ1v) is 6.54. The Hall–Kier alpha value is -0.860. The Labute approximate surface area is 106 Å². The maximum Gasteiger partial charge on any atom is 0.0233 e. The summed E-state index contributed by atoms with van der Waals surface area (Å²) < 4.78 is 0. The molecule has 1 rings (SSSR count). The Bertz CT molecular complexity index is 306. The summed E-state index contributed by atoms with van der Waals surface area (Å²) in [5, 5.41) is 0. The van der Waals surface area contributed by atoms with Crippen LogP contribution in [0.15, 0.2) is 30.3 Å². The molecule has 0 unspecified atom stereocenters. The van der Waals surface area contributed by atoms with Crippen molar-refractivity contribution in [3.05, 3.63) is 35.9 Å². The van der Waals surface area contributed by atoms with Gasteiger partial charge < -0.3 is 5.73 Å². The minimum absolute atomic E-state index is 0.305. The summed E-state index contributed by atoms with van der Waals surface area (Å²) in [7, 11) is 0. The van der Waals surface area contributed by atoms with Crippen molar-refractivity contribution >= 4 is 0 Å². The Morgan fingerprint density at radius 1 is 1.18 bits per heavy atom. The zero-order chi connectivity index (χ0) is 12.7. The Balaban J connectivity index is 2.55. The van der Waals surface area contributed by atoms with Crippen LogP contribution in [0.5, 0.6) is 0 Å². The number of hydrogen-bond donors (Lipinski definition) is 1. The van der Waals surface area contributed by atoms with E-state index in [1.807, 2.05) is 0 Å². The lowest BCUT2D eigenvalue weighted by Crippen LogP contribution is -2.35. The third-order valence-electron chi connectivity index (χ3n) is 3.17. The van der Waals surface area contributed by atoms with Crippen molar-refractivity contribution in [2.24, 2.45) is 11.1 Å². The molecule has 0 saturated carbocycles. The Kier molecular flexibility index (Phi) is 5.66. The average Bonchev–Trinajstić information content (AvgIpc) is 2.29. The van der Waals surface area contributed by atoms with Crippen LogP contribution in [-0.2, 0) is 6.54 Å². The molecule has 0 radical (unpaired) electrons. The lowest BCUT2D eigenvalue weighted by atomic mass is 9.88. The summed E-state index contributed by atoms with van der Waals surface area (Å²) in [6.07, 6.45) is 1.08. The first-order valence-electron chi connectivity index (χ1n) is 6.54. The van der Waals surface area contributed by atoms with Gasteiger partial charge in [-0.1, -0.05) is 51.1 Å². The summed E-state index contributed by atoms with van der Waals surface area (Å²) in [6, 6.07) is 10.7. The van der Waals surface area contributed by atoms with Crippen molar-refractivity contribution in [1.29, 1.82) is 0 Å². The lowest BCUT2D eigenvalue weighted by Gasteiger charge is -2.32. The monoisotopic (exact) mass is 234 g/mol. The molecule has 0 atom stereocenters. The fourth-order valence-electron chi connectivity index (χ4n) is 2.20. The highest BCUT2D eigenvalue weighted by molar-refractivity contribution is 5.14. The van der Waals surface area contributed by atoms with Crippen LogP contribution in [0.4, 0.5) is 0 Å². The van der Waals surface area contributed by atoms with Gasteiger partial charge in [-0.05, 0) is 30.5 Å². The highest BCUT2D eigenvalue weighted by Crippen LogP contribution is 2.21. The van der Waals surface area contributed by atoms with Crippen LogP contribution < -0.4 is 5.73 Å². The quantitative estimate of drug-likeness (QED) is 0.786. The van der Waals surface area contributed by atoms with E-state index >= 15 is 0 Å². The second kappa shape index (κ2) is 6.77. The molecule has 2 nitrogen and oxygen atoms in total. The zero-order valence-corrected chi connectivity index (χ0v) is 11.4. The van der Waals surface area contributed by atoms with Gasteiger partial charge in [0.25, 0.3) is 0 Å². The van der Waals surface area contributed by atoms with Crippen LogP contribution >= 0.6 is 0 Å². The maximum absolute atomic E-state index is 5.67. The van der Waals surface area contributed by atoms with Gasteiger partial charge in [-0.2, -0.15) is 0 Å². The second-order valence-electron chi connectivity index (χ2n) is 5.49. The normalized spacial score (nSPS) is 12.1. The Morgan fingerprint density at radius 3 is 2.35 bits per heavy atom. The molecule has 0 aliphatic carbocycles. The van der Waals surface area contributed by atoms with E-state index in [9.17, 15) is 0 Å². The molecule has 0 heterocycles. The first-order chi connectivity index (χ1) is 8.07. The van der Waals surface area contributed by atoms with E-state index in [1.165, 1.54) is 5.56 Å². The van der Waals surface area contributed by atoms with Gasteiger partial charge in [-0.25, -0.2) is 0 Å². The molecule has 17 heavy (non-hydrogen) atoms. The minimum Gasteiger partial charge on any atom is -0.330 e. The van der Waals surface area contributed by atoms with Crippen LogP contribution in [0, 0.1) is 5.41 Å². The van der Waals surface area contributed by atoms with E-state index in [0.717, 1.165) is 32.6 Å². The van der Waals surface area contributed by atoms with Crippen molar-refractivity contribution in [3.8, 4) is 0 Å². The van der Waals surface area contributed by atoms with Crippen molar-refractivity contribution in [1.82, 2.24) is 4.90 Å². The summed E-state index contributed by atoms with van der Waals surface area (Å²) in [5.41, 5.74) is 7.36. The van der Waals surface area contributed by atoms with Crippen molar-refractivity contribution in [3.63, 3.8) is 0 Å². The van der Waals surface area contributed by atoms with E-state index in [4.69, 9.17) is 5.73 Å². The van der Waals surface area contributed by atoms with Gasteiger partial charge in [0, 0.05) is 13.1 Å². The molecule has 0 aromatic heterocycles. The molecule has 96 valence electrons. The molecule has 0 fully saturated rings. The minimum atomic E-state index is 0.305. The molecule has 2 heteroatoms. The van der Waals surface area contributed by atoms with Crippen molar-refractivity contribution in [2.75, 3.05) is 19.6 Å². The summed E-state index contributed by atoms with van der Waals surface area (Å²) in [6.45, 7) is 10.8. The summed E-state index contributed by atoms with van der Waals surface area (Å²) in [4.78, 5) is 2.49. The number of hydrogen-bond acceptors (Lipinski definition) is 2. The third kappa shape index (κ3) is 5.33. The van der Waals surface area contributed by atoms with Gasteiger partial charge in [-0.15, -0.1) is 0 Å². The van der Waals surface area contributed by atoms with Crippen LogP contribution in [0.25, 0.3) is 0 Å². The van der Waals surface area contributed by atoms with E-state index in [2.05, 4.69) is 56.0 Å². The molecule has 0 amide bonds. The highest BCUT2D eigenvalue weighted by Gasteiger charge is 2.20.